The van der Waals surface area contributed by atoms with Crippen LogP contribution in [0.1, 0.15) is 6.92 Å². The predicted octanol–water partition coefficient (Wildman–Crippen LogP) is 5.35. The Bertz CT molecular complexity index is 1020. The summed E-state index contributed by atoms with van der Waals surface area (Å²) in [7, 11) is 0. The number of azo groups is 1. The Morgan fingerprint density at radius 1 is 0.857 bits per heavy atom. The van der Waals surface area contributed by atoms with Crippen molar-refractivity contribution in [2.24, 2.45) is 15.3 Å². The Labute approximate surface area is 162 Å². The number of rotatable bonds is 5. The average Bonchev–Trinajstić information content (AvgIpc) is 3.02. The molecule has 0 aliphatic carbocycles. The Hall–Kier alpha value is -3.80. The average molecular weight is 370 g/mol. The molecule has 1 aliphatic heterocycles. The third kappa shape index (κ3) is 3.81. The fraction of sp³-hybridized carbons (Fsp3) is 0.0909. The third-order valence-corrected chi connectivity index (χ3v) is 4.20. The number of para-hydroxylation sites is 2. The maximum atomic E-state index is 12.6. The van der Waals surface area contributed by atoms with Gasteiger partial charge in [-0.2, -0.15) is 20.3 Å². The van der Waals surface area contributed by atoms with E-state index in [1.54, 1.807) is 19.1 Å². The number of carbonyl (C=O) groups excluding carboxylic acids is 1. The molecule has 6 nitrogen and oxygen atoms in total. The first-order valence-electron chi connectivity index (χ1n) is 8.89. The molecule has 3 aromatic rings. The van der Waals surface area contributed by atoms with Gasteiger partial charge in [0.2, 0.25) is 0 Å². The highest BCUT2D eigenvalue weighted by molar-refractivity contribution is 6.18. The topological polar surface area (TPSA) is 66.6 Å². The van der Waals surface area contributed by atoms with E-state index in [9.17, 15) is 4.79 Å². The van der Waals surface area contributed by atoms with Crippen LogP contribution < -0.4 is 9.75 Å². The molecule has 0 fully saturated rings. The van der Waals surface area contributed by atoms with Gasteiger partial charge in [-0.15, -0.1) is 0 Å². The van der Waals surface area contributed by atoms with Crippen molar-refractivity contribution in [1.82, 2.24) is 0 Å². The molecule has 0 saturated carbocycles. The van der Waals surface area contributed by atoms with Gasteiger partial charge in [-0.1, -0.05) is 36.4 Å². The van der Waals surface area contributed by atoms with Crippen LogP contribution in [-0.4, -0.2) is 17.7 Å². The number of benzene rings is 3. The van der Waals surface area contributed by atoms with Crippen molar-refractivity contribution in [3.05, 3.63) is 84.9 Å². The Morgan fingerprint density at radius 2 is 1.46 bits per heavy atom. The van der Waals surface area contributed by atoms with Gasteiger partial charge < -0.3 is 4.74 Å². The second-order valence-electron chi connectivity index (χ2n) is 6.25. The van der Waals surface area contributed by atoms with Gasteiger partial charge in [0, 0.05) is 0 Å². The summed E-state index contributed by atoms with van der Waals surface area (Å²) in [4.78, 5) is 12.6. The van der Waals surface area contributed by atoms with E-state index in [1.807, 2.05) is 72.8 Å². The van der Waals surface area contributed by atoms with Crippen LogP contribution in [-0.2, 0) is 4.79 Å². The minimum atomic E-state index is -0.708. The molecule has 1 amide bonds. The lowest BCUT2D eigenvalue weighted by Gasteiger charge is -2.11. The molecule has 1 atom stereocenters. The fourth-order valence-electron chi connectivity index (χ4n) is 2.77. The molecule has 1 heterocycles. The second-order valence-corrected chi connectivity index (χ2v) is 6.25. The summed E-state index contributed by atoms with van der Waals surface area (Å²) in [6, 6.07) is 25.3. The van der Waals surface area contributed by atoms with Crippen molar-refractivity contribution < 1.29 is 9.53 Å². The monoisotopic (exact) mass is 370 g/mol. The molecule has 4 rings (SSSR count). The molecular formula is C22H18N4O2. The zero-order valence-corrected chi connectivity index (χ0v) is 15.3. The number of hydrazone groups is 1. The first-order chi connectivity index (χ1) is 13.7. The standard InChI is InChI=1S/C22H18N4O2/c1-16-21(22(27)26(25-16)18-8-4-2-5-9-18)24-23-17-12-14-20(15-13-17)28-19-10-6-3-7-11-19/h2-15,21H,1H3/t21-/m0/s1. The minimum Gasteiger partial charge on any atom is -0.457 e. The van der Waals surface area contributed by atoms with E-state index in [1.165, 1.54) is 5.01 Å². The van der Waals surface area contributed by atoms with Crippen LogP contribution in [0.3, 0.4) is 0 Å². The van der Waals surface area contributed by atoms with Crippen LogP contribution >= 0.6 is 0 Å². The molecule has 0 saturated heterocycles. The lowest BCUT2D eigenvalue weighted by atomic mass is 10.2. The SMILES string of the molecule is CC1=NN(c2ccccc2)C(=O)[C@H]1N=Nc1ccc(Oc2ccccc2)cc1. The maximum Gasteiger partial charge on any atom is 0.280 e. The van der Waals surface area contributed by atoms with Crippen molar-refractivity contribution in [3.8, 4) is 11.5 Å². The van der Waals surface area contributed by atoms with Crippen molar-refractivity contribution >= 4 is 23.0 Å². The van der Waals surface area contributed by atoms with E-state index in [0.29, 0.717) is 22.8 Å². The van der Waals surface area contributed by atoms with Gasteiger partial charge in [0.25, 0.3) is 5.91 Å². The number of carbonyl (C=O) groups is 1. The number of nitrogens with zero attached hydrogens (tertiary/aromatic N) is 4. The highest BCUT2D eigenvalue weighted by Gasteiger charge is 2.34. The van der Waals surface area contributed by atoms with E-state index < -0.39 is 6.04 Å². The summed E-state index contributed by atoms with van der Waals surface area (Å²) in [5, 5.41) is 14.1. The number of anilines is 1. The number of hydrogen-bond donors (Lipinski definition) is 0. The van der Waals surface area contributed by atoms with Gasteiger partial charge in [0.05, 0.1) is 17.1 Å². The molecule has 1 aliphatic rings. The molecule has 0 spiro atoms. The van der Waals surface area contributed by atoms with Crippen LogP contribution in [0.4, 0.5) is 11.4 Å². The Kier molecular flexibility index (Phi) is 4.93. The van der Waals surface area contributed by atoms with Crippen LogP contribution in [0.15, 0.2) is 100 Å². The van der Waals surface area contributed by atoms with E-state index in [-0.39, 0.29) is 5.91 Å². The van der Waals surface area contributed by atoms with Gasteiger partial charge >= 0.3 is 0 Å². The summed E-state index contributed by atoms with van der Waals surface area (Å²) in [5.41, 5.74) is 1.97. The van der Waals surface area contributed by atoms with Gasteiger partial charge in [-0.3, -0.25) is 4.79 Å². The zero-order chi connectivity index (χ0) is 19.3. The molecule has 0 aromatic heterocycles. The highest BCUT2D eigenvalue weighted by Crippen LogP contribution is 2.26. The van der Waals surface area contributed by atoms with Crippen LogP contribution in [0.5, 0.6) is 11.5 Å². The quantitative estimate of drug-likeness (QED) is 0.568. The van der Waals surface area contributed by atoms with Crippen molar-refractivity contribution in [2.75, 3.05) is 5.01 Å². The molecule has 6 heteroatoms. The first-order valence-corrected chi connectivity index (χ1v) is 8.89. The minimum absolute atomic E-state index is 0.212. The molecule has 0 radical (unpaired) electrons. The summed E-state index contributed by atoms with van der Waals surface area (Å²) in [6.07, 6.45) is 0. The van der Waals surface area contributed by atoms with Crippen LogP contribution in [0, 0.1) is 0 Å². The highest BCUT2D eigenvalue weighted by atomic mass is 16.5. The normalized spacial score (nSPS) is 16.5. The lowest BCUT2D eigenvalue weighted by molar-refractivity contribution is -0.117. The molecule has 0 unspecified atom stereocenters. The molecule has 138 valence electrons. The van der Waals surface area contributed by atoms with Gasteiger partial charge in [-0.25, -0.2) is 0 Å². The predicted molar refractivity (Wildman–Crippen MR) is 108 cm³/mol. The van der Waals surface area contributed by atoms with Gasteiger partial charge in [-0.05, 0) is 55.5 Å². The lowest BCUT2D eigenvalue weighted by Crippen LogP contribution is -2.29. The fourth-order valence-corrected chi connectivity index (χ4v) is 2.77. The summed E-state index contributed by atoms with van der Waals surface area (Å²) in [6.45, 7) is 1.78. The second kappa shape index (κ2) is 7.84. The largest absolute Gasteiger partial charge is 0.457 e. The Morgan fingerprint density at radius 3 is 2.14 bits per heavy atom. The molecular weight excluding hydrogens is 352 g/mol. The summed E-state index contributed by atoms with van der Waals surface area (Å²) in [5.74, 6) is 1.26. The molecule has 28 heavy (non-hydrogen) atoms. The number of hydrogen-bond acceptors (Lipinski definition) is 5. The van der Waals surface area contributed by atoms with Crippen molar-refractivity contribution in [1.29, 1.82) is 0 Å². The first kappa shape index (κ1) is 17.6. The summed E-state index contributed by atoms with van der Waals surface area (Å²) < 4.78 is 5.76. The van der Waals surface area contributed by atoms with E-state index >= 15 is 0 Å². The summed E-state index contributed by atoms with van der Waals surface area (Å²) >= 11 is 0. The van der Waals surface area contributed by atoms with Gasteiger partial charge in [0.1, 0.15) is 11.5 Å². The third-order valence-electron chi connectivity index (χ3n) is 4.20. The zero-order valence-electron chi connectivity index (χ0n) is 15.3. The van der Waals surface area contributed by atoms with Crippen molar-refractivity contribution in [2.45, 2.75) is 13.0 Å². The van der Waals surface area contributed by atoms with Crippen molar-refractivity contribution in [3.63, 3.8) is 0 Å². The number of amides is 1. The molecule has 0 N–H and O–H groups in total. The molecule has 0 bridgehead atoms. The molecule has 3 aromatic carbocycles. The van der Waals surface area contributed by atoms with Gasteiger partial charge in [0.15, 0.2) is 6.04 Å². The van der Waals surface area contributed by atoms with Crippen LogP contribution in [0.2, 0.25) is 0 Å². The smallest absolute Gasteiger partial charge is 0.280 e. The maximum absolute atomic E-state index is 12.6. The number of ether oxygens (including phenoxy) is 1. The van der Waals surface area contributed by atoms with E-state index in [2.05, 4.69) is 15.3 Å². The van der Waals surface area contributed by atoms with Crippen LogP contribution in [0.25, 0.3) is 0 Å². The van der Waals surface area contributed by atoms with E-state index in [4.69, 9.17) is 4.74 Å². The Balaban J connectivity index is 1.44. The van der Waals surface area contributed by atoms with E-state index in [0.717, 1.165) is 5.75 Å².